The van der Waals surface area contributed by atoms with Crippen LogP contribution in [0.1, 0.15) is 12.8 Å². The van der Waals surface area contributed by atoms with Gasteiger partial charge in [0.1, 0.15) is 6.54 Å². The molecule has 0 amide bonds. The van der Waals surface area contributed by atoms with Crippen molar-refractivity contribution in [3.05, 3.63) is 6.42 Å². The standard InChI is InChI=1S/C7H15N2/c8-4-7-9-5-2-1-3-6-9/h2H,1,3-8H2/q+1. The van der Waals surface area contributed by atoms with Crippen LogP contribution < -0.4 is 5.73 Å². The van der Waals surface area contributed by atoms with Gasteiger partial charge in [-0.1, -0.05) is 0 Å². The van der Waals surface area contributed by atoms with Gasteiger partial charge in [-0.15, -0.1) is 0 Å². The first kappa shape index (κ1) is 6.90. The molecule has 0 radical (unpaired) electrons. The van der Waals surface area contributed by atoms with Crippen molar-refractivity contribution in [1.29, 1.82) is 0 Å². The molecule has 2 nitrogen and oxygen atoms in total. The Morgan fingerprint density at radius 2 is 2.44 bits per heavy atom. The molecule has 1 heterocycles. The molecule has 0 spiro atoms. The molecule has 0 bridgehead atoms. The summed E-state index contributed by atoms with van der Waals surface area (Å²) in [5.74, 6) is 0. The van der Waals surface area contributed by atoms with Crippen molar-refractivity contribution in [2.45, 2.75) is 12.8 Å². The normalized spacial score (nSPS) is 21.4. The fraction of sp³-hybridized carbons (Fsp3) is 0.857. The number of nitrogens with two attached hydrogens (primary N) is 1. The van der Waals surface area contributed by atoms with E-state index < -0.39 is 0 Å². The molecule has 1 aliphatic heterocycles. The highest BCUT2D eigenvalue weighted by Crippen LogP contribution is 2.05. The highest BCUT2D eigenvalue weighted by Gasteiger charge is 2.14. The van der Waals surface area contributed by atoms with E-state index in [1.807, 2.05) is 0 Å². The highest BCUT2D eigenvalue weighted by molar-refractivity contribution is 4.77. The van der Waals surface area contributed by atoms with Gasteiger partial charge in [-0.3, -0.25) is 4.90 Å². The summed E-state index contributed by atoms with van der Waals surface area (Å²) in [7, 11) is 0. The van der Waals surface area contributed by atoms with Gasteiger partial charge in [0.2, 0.25) is 0 Å². The summed E-state index contributed by atoms with van der Waals surface area (Å²) in [5, 5.41) is 0. The average molecular weight is 127 g/mol. The van der Waals surface area contributed by atoms with E-state index in [2.05, 4.69) is 11.3 Å². The summed E-state index contributed by atoms with van der Waals surface area (Å²) in [4.78, 5) is 2.39. The number of hydrogen-bond acceptors (Lipinski definition) is 2. The second-order valence-corrected chi connectivity index (χ2v) is 2.52. The topological polar surface area (TPSA) is 29.3 Å². The van der Waals surface area contributed by atoms with Crippen LogP contribution in [-0.2, 0) is 0 Å². The van der Waals surface area contributed by atoms with Gasteiger partial charge in [-0.05, 0) is 0 Å². The van der Waals surface area contributed by atoms with Crippen molar-refractivity contribution in [3.8, 4) is 0 Å². The van der Waals surface area contributed by atoms with Crippen LogP contribution in [0.5, 0.6) is 0 Å². The Balaban J connectivity index is 2.08. The summed E-state index contributed by atoms with van der Waals surface area (Å²) in [6, 6.07) is 0. The van der Waals surface area contributed by atoms with Crippen molar-refractivity contribution in [3.63, 3.8) is 0 Å². The van der Waals surface area contributed by atoms with Gasteiger partial charge in [0.05, 0.1) is 12.8 Å². The van der Waals surface area contributed by atoms with Gasteiger partial charge in [-0.2, -0.15) is 0 Å². The summed E-state index contributed by atoms with van der Waals surface area (Å²) >= 11 is 0. The molecule has 0 saturated carbocycles. The zero-order chi connectivity index (χ0) is 6.53. The predicted octanol–water partition coefficient (Wildman–Crippen LogP) is 0.245. The van der Waals surface area contributed by atoms with Crippen molar-refractivity contribution in [2.24, 2.45) is 5.73 Å². The summed E-state index contributed by atoms with van der Waals surface area (Å²) < 4.78 is 0. The Labute approximate surface area is 57.0 Å². The smallest absolute Gasteiger partial charge is 0.141 e. The fourth-order valence-electron chi connectivity index (χ4n) is 1.21. The molecule has 2 heteroatoms. The van der Waals surface area contributed by atoms with Crippen molar-refractivity contribution in [1.82, 2.24) is 4.90 Å². The molecule has 2 N–H and O–H groups in total. The largest absolute Gasteiger partial charge is 0.329 e. The summed E-state index contributed by atoms with van der Waals surface area (Å²) in [5.41, 5.74) is 5.40. The molecule has 0 atom stereocenters. The van der Waals surface area contributed by atoms with Crippen LogP contribution >= 0.6 is 0 Å². The van der Waals surface area contributed by atoms with E-state index in [0.29, 0.717) is 0 Å². The molecule has 0 aliphatic carbocycles. The third kappa shape index (κ3) is 2.24. The maximum absolute atomic E-state index is 5.40. The SMILES string of the molecule is NCCN1C[CH+]CCC1. The molecule has 0 unspecified atom stereocenters. The van der Waals surface area contributed by atoms with E-state index in [4.69, 9.17) is 5.73 Å². The maximum atomic E-state index is 5.40. The van der Waals surface area contributed by atoms with Crippen molar-refractivity contribution in [2.75, 3.05) is 26.2 Å². The Hall–Kier alpha value is -0.210. The van der Waals surface area contributed by atoms with Crippen LogP contribution in [0.15, 0.2) is 0 Å². The third-order valence-corrected chi connectivity index (χ3v) is 1.72. The minimum atomic E-state index is 0.799. The van der Waals surface area contributed by atoms with E-state index in [-0.39, 0.29) is 0 Å². The van der Waals surface area contributed by atoms with E-state index in [1.54, 1.807) is 0 Å². The lowest BCUT2D eigenvalue weighted by molar-refractivity contribution is 0.270. The molecular weight excluding hydrogens is 112 g/mol. The van der Waals surface area contributed by atoms with Gasteiger partial charge in [0.25, 0.3) is 0 Å². The van der Waals surface area contributed by atoms with Crippen LogP contribution in [-0.4, -0.2) is 31.1 Å². The quantitative estimate of drug-likeness (QED) is 0.539. The van der Waals surface area contributed by atoms with Gasteiger partial charge >= 0.3 is 0 Å². The first-order chi connectivity index (χ1) is 4.43. The Kier molecular flexibility index (Phi) is 2.87. The first-order valence-corrected chi connectivity index (χ1v) is 3.67. The summed E-state index contributed by atoms with van der Waals surface area (Å²) in [6.07, 6.45) is 4.94. The van der Waals surface area contributed by atoms with E-state index in [1.165, 1.54) is 19.4 Å². The minimum Gasteiger partial charge on any atom is -0.329 e. The molecule has 1 fully saturated rings. The molecule has 52 valence electrons. The summed E-state index contributed by atoms with van der Waals surface area (Å²) in [6.45, 7) is 4.26. The molecule has 1 aliphatic rings. The number of nitrogens with zero attached hydrogens (tertiary/aromatic N) is 1. The number of piperidine rings is 1. The molecule has 1 saturated heterocycles. The number of likely N-dealkylation sites (tertiary alicyclic amines) is 1. The van der Waals surface area contributed by atoms with Gasteiger partial charge in [0, 0.05) is 26.1 Å². The molecular formula is C7H15N2+. The third-order valence-electron chi connectivity index (χ3n) is 1.72. The Morgan fingerprint density at radius 3 is 3.00 bits per heavy atom. The van der Waals surface area contributed by atoms with Gasteiger partial charge in [-0.25, -0.2) is 0 Å². The van der Waals surface area contributed by atoms with Crippen LogP contribution in [0, 0.1) is 6.42 Å². The van der Waals surface area contributed by atoms with Crippen LogP contribution in [0.2, 0.25) is 0 Å². The van der Waals surface area contributed by atoms with Crippen LogP contribution in [0.4, 0.5) is 0 Å². The van der Waals surface area contributed by atoms with Crippen molar-refractivity contribution >= 4 is 0 Å². The maximum Gasteiger partial charge on any atom is 0.141 e. The monoisotopic (exact) mass is 127 g/mol. The fourth-order valence-corrected chi connectivity index (χ4v) is 1.21. The zero-order valence-electron chi connectivity index (χ0n) is 5.84. The molecule has 0 aromatic rings. The molecule has 0 aromatic heterocycles. The second kappa shape index (κ2) is 3.75. The van der Waals surface area contributed by atoms with Gasteiger partial charge in [0.15, 0.2) is 0 Å². The second-order valence-electron chi connectivity index (χ2n) is 2.52. The Bertz CT molecular complexity index is 64.6. The lowest BCUT2D eigenvalue weighted by Crippen LogP contribution is -2.34. The van der Waals surface area contributed by atoms with E-state index in [9.17, 15) is 0 Å². The highest BCUT2D eigenvalue weighted by atomic mass is 15.1. The minimum absolute atomic E-state index is 0.799. The predicted molar refractivity (Wildman–Crippen MR) is 39.0 cm³/mol. The van der Waals surface area contributed by atoms with E-state index in [0.717, 1.165) is 19.6 Å². The molecule has 1 rings (SSSR count). The first-order valence-electron chi connectivity index (χ1n) is 3.67. The molecule has 9 heavy (non-hydrogen) atoms. The Morgan fingerprint density at radius 1 is 1.56 bits per heavy atom. The zero-order valence-corrected chi connectivity index (χ0v) is 5.84. The number of hydrogen-bond donors (Lipinski definition) is 1. The van der Waals surface area contributed by atoms with Gasteiger partial charge < -0.3 is 5.73 Å². The average Bonchev–Trinajstić information content (AvgIpc) is 1.91. The molecule has 0 aromatic carbocycles. The van der Waals surface area contributed by atoms with Crippen molar-refractivity contribution < 1.29 is 0 Å². The van der Waals surface area contributed by atoms with Crippen LogP contribution in [0.3, 0.4) is 0 Å². The number of rotatable bonds is 2. The van der Waals surface area contributed by atoms with E-state index >= 15 is 0 Å². The lowest BCUT2D eigenvalue weighted by atomic mass is 10.1. The van der Waals surface area contributed by atoms with Crippen LogP contribution in [0.25, 0.3) is 0 Å². The lowest BCUT2D eigenvalue weighted by Gasteiger charge is -2.19.